The maximum Gasteiger partial charge on any atom is 0.315 e. The third-order valence-corrected chi connectivity index (χ3v) is 3.79. The van der Waals surface area contributed by atoms with Gasteiger partial charge in [-0.25, -0.2) is 4.79 Å². The van der Waals surface area contributed by atoms with Crippen LogP contribution in [0.3, 0.4) is 0 Å². The van der Waals surface area contributed by atoms with Gasteiger partial charge in [-0.15, -0.1) is 0 Å². The summed E-state index contributed by atoms with van der Waals surface area (Å²) in [7, 11) is 0. The number of piperazine rings is 1. The molecule has 0 aliphatic carbocycles. The molecule has 0 spiro atoms. The predicted octanol–water partition coefficient (Wildman–Crippen LogP) is 1.04. The van der Waals surface area contributed by atoms with Crippen molar-refractivity contribution < 1.29 is 9.59 Å². The molecule has 6 nitrogen and oxygen atoms in total. The molecule has 1 aromatic rings. The molecule has 2 rings (SSSR count). The molecular formula is C17H26N4O2. The highest BCUT2D eigenvalue weighted by atomic mass is 16.2. The minimum atomic E-state index is -0.295. The Morgan fingerprint density at radius 2 is 1.74 bits per heavy atom. The molecule has 1 heterocycles. The molecule has 126 valence electrons. The van der Waals surface area contributed by atoms with Crippen molar-refractivity contribution in [3.8, 4) is 0 Å². The Kier molecular flexibility index (Phi) is 6.40. The molecule has 2 N–H and O–H groups in total. The summed E-state index contributed by atoms with van der Waals surface area (Å²) in [6, 6.07) is 10.1. The number of hydrogen-bond donors (Lipinski definition) is 2. The van der Waals surface area contributed by atoms with E-state index in [9.17, 15) is 9.59 Å². The van der Waals surface area contributed by atoms with E-state index < -0.39 is 0 Å². The highest BCUT2D eigenvalue weighted by Crippen LogP contribution is 2.08. The van der Waals surface area contributed by atoms with Crippen molar-refractivity contribution in [1.29, 1.82) is 0 Å². The Morgan fingerprint density at radius 1 is 1.09 bits per heavy atom. The summed E-state index contributed by atoms with van der Waals surface area (Å²) in [5.41, 5.74) is 1.29. The first-order valence-corrected chi connectivity index (χ1v) is 8.13. The first-order valence-electron chi connectivity index (χ1n) is 8.13. The van der Waals surface area contributed by atoms with Crippen molar-refractivity contribution >= 4 is 11.9 Å². The van der Waals surface area contributed by atoms with E-state index >= 15 is 0 Å². The summed E-state index contributed by atoms with van der Waals surface area (Å²) >= 11 is 0. The van der Waals surface area contributed by atoms with E-state index in [0.717, 1.165) is 19.6 Å². The van der Waals surface area contributed by atoms with Crippen LogP contribution < -0.4 is 10.6 Å². The van der Waals surface area contributed by atoms with E-state index in [2.05, 4.69) is 27.7 Å². The van der Waals surface area contributed by atoms with Gasteiger partial charge in [0.25, 0.3) is 0 Å². The molecular weight excluding hydrogens is 292 g/mol. The molecule has 1 aliphatic heterocycles. The number of nitrogens with zero attached hydrogens (tertiary/aromatic N) is 2. The summed E-state index contributed by atoms with van der Waals surface area (Å²) in [4.78, 5) is 27.8. The van der Waals surface area contributed by atoms with Crippen molar-refractivity contribution in [3.63, 3.8) is 0 Å². The van der Waals surface area contributed by atoms with Gasteiger partial charge in [0.1, 0.15) is 0 Å². The topological polar surface area (TPSA) is 64.7 Å². The average molecular weight is 318 g/mol. The monoisotopic (exact) mass is 318 g/mol. The smallest absolute Gasteiger partial charge is 0.315 e. The van der Waals surface area contributed by atoms with Gasteiger partial charge in [0, 0.05) is 38.8 Å². The van der Waals surface area contributed by atoms with Gasteiger partial charge in [-0.2, -0.15) is 0 Å². The summed E-state index contributed by atoms with van der Waals surface area (Å²) in [6.07, 6.45) is 0. The highest BCUT2D eigenvalue weighted by Gasteiger charge is 2.21. The maximum atomic E-state index is 12.1. The molecule has 1 aliphatic rings. The number of rotatable bonds is 5. The van der Waals surface area contributed by atoms with Crippen LogP contribution in [0.15, 0.2) is 30.3 Å². The minimum Gasteiger partial charge on any atom is -0.339 e. The van der Waals surface area contributed by atoms with Crippen LogP contribution in [0.1, 0.15) is 19.4 Å². The Labute approximate surface area is 137 Å². The van der Waals surface area contributed by atoms with Crippen LogP contribution in [-0.4, -0.2) is 60.5 Å². The lowest BCUT2D eigenvalue weighted by molar-refractivity contribution is -0.131. The molecule has 0 unspecified atom stereocenters. The lowest BCUT2D eigenvalue weighted by Gasteiger charge is -2.34. The van der Waals surface area contributed by atoms with Crippen LogP contribution >= 0.6 is 0 Å². The molecule has 0 radical (unpaired) electrons. The van der Waals surface area contributed by atoms with Crippen LogP contribution in [0.4, 0.5) is 4.79 Å². The lowest BCUT2D eigenvalue weighted by atomic mass is 10.2. The SMILES string of the molecule is CC(C)NC(=O)NCC(=O)N1CCN(Cc2ccccc2)CC1. The summed E-state index contributed by atoms with van der Waals surface area (Å²) in [5, 5.41) is 5.31. The first kappa shape index (κ1) is 17.3. The minimum absolute atomic E-state index is 0.0248. The Bertz CT molecular complexity index is 511. The standard InChI is InChI=1S/C17H26N4O2/c1-14(2)19-17(23)18-12-16(22)21-10-8-20(9-11-21)13-15-6-4-3-5-7-15/h3-7,14H,8-13H2,1-2H3,(H2,18,19,23). The normalized spacial score (nSPS) is 15.5. The van der Waals surface area contributed by atoms with Crippen molar-refractivity contribution in [2.45, 2.75) is 26.4 Å². The fraction of sp³-hybridized carbons (Fsp3) is 0.529. The zero-order valence-electron chi connectivity index (χ0n) is 13.9. The van der Waals surface area contributed by atoms with Gasteiger partial charge in [0.2, 0.25) is 5.91 Å². The van der Waals surface area contributed by atoms with Crippen molar-refractivity contribution in [3.05, 3.63) is 35.9 Å². The molecule has 1 aromatic carbocycles. The van der Waals surface area contributed by atoms with Gasteiger partial charge in [-0.1, -0.05) is 30.3 Å². The number of urea groups is 1. The quantitative estimate of drug-likeness (QED) is 0.852. The van der Waals surface area contributed by atoms with E-state index in [1.54, 1.807) is 0 Å². The molecule has 0 bridgehead atoms. The second-order valence-electron chi connectivity index (χ2n) is 6.12. The number of hydrogen-bond acceptors (Lipinski definition) is 3. The predicted molar refractivity (Wildman–Crippen MR) is 90.0 cm³/mol. The van der Waals surface area contributed by atoms with Gasteiger partial charge in [-0.3, -0.25) is 9.69 Å². The highest BCUT2D eigenvalue weighted by molar-refractivity contribution is 5.84. The molecule has 1 saturated heterocycles. The van der Waals surface area contributed by atoms with Crippen molar-refractivity contribution in [2.24, 2.45) is 0 Å². The molecule has 0 aromatic heterocycles. The number of nitrogens with one attached hydrogen (secondary N) is 2. The molecule has 0 atom stereocenters. The van der Waals surface area contributed by atoms with Gasteiger partial charge < -0.3 is 15.5 Å². The van der Waals surface area contributed by atoms with Gasteiger partial charge in [-0.05, 0) is 19.4 Å². The average Bonchev–Trinajstić information content (AvgIpc) is 2.54. The largest absolute Gasteiger partial charge is 0.339 e. The van der Waals surface area contributed by atoms with E-state index in [1.165, 1.54) is 5.56 Å². The molecule has 1 fully saturated rings. The van der Waals surface area contributed by atoms with E-state index in [0.29, 0.717) is 13.1 Å². The van der Waals surface area contributed by atoms with E-state index in [1.807, 2.05) is 36.9 Å². The third-order valence-electron chi connectivity index (χ3n) is 3.79. The second kappa shape index (κ2) is 8.53. The van der Waals surface area contributed by atoms with Gasteiger partial charge in [0.05, 0.1) is 6.54 Å². The molecule has 6 heteroatoms. The van der Waals surface area contributed by atoms with Crippen LogP contribution in [0, 0.1) is 0 Å². The fourth-order valence-corrected chi connectivity index (χ4v) is 2.58. The Balaban J connectivity index is 1.69. The van der Waals surface area contributed by atoms with Crippen molar-refractivity contribution in [2.75, 3.05) is 32.7 Å². The molecule has 0 saturated carbocycles. The lowest BCUT2D eigenvalue weighted by Crippen LogP contribution is -2.51. The molecule has 3 amide bonds. The Morgan fingerprint density at radius 3 is 2.35 bits per heavy atom. The van der Waals surface area contributed by atoms with Crippen LogP contribution in [-0.2, 0) is 11.3 Å². The maximum absolute atomic E-state index is 12.1. The number of carbonyl (C=O) groups is 2. The Hall–Kier alpha value is -2.08. The van der Waals surface area contributed by atoms with Crippen LogP contribution in [0.5, 0.6) is 0 Å². The zero-order chi connectivity index (χ0) is 16.7. The summed E-state index contributed by atoms with van der Waals surface area (Å²) in [6.45, 7) is 7.87. The summed E-state index contributed by atoms with van der Waals surface area (Å²) in [5.74, 6) is -0.0248. The molecule has 23 heavy (non-hydrogen) atoms. The summed E-state index contributed by atoms with van der Waals surface area (Å²) < 4.78 is 0. The van der Waals surface area contributed by atoms with E-state index in [4.69, 9.17) is 0 Å². The van der Waals surface area contributed by atoms with Gasteiger partial charge in [0.15, 0.2) is 0 Å². The third kappa shape index (κ3) is 5.90. The first-order chi connectivity index (χ1) is 11.0. The van der Waals surface area contributed by atoms with E-state index in [-0.39, 0.29) is 24.5 Å². The fourth-order valence-electron chi connectivity index (χ4n) is 2.58. The van der Waals surface area contributed by atoms with Crippen molar-refractivity contribution in [1.82, 2.24) is 20.4 Å². The van der Waals surface area contributed by atoms with Crippen LogP contribution in [0.25, 0.3) is 0 Å². The van der Waals surface area contributed by atoms with Gasteiger partial charge >= 0.3 is 6.03 Å². The number of amides is 3. The number of benzene rings is 1. The zero-order valence-corrected chi connectivity index (χ0v) is 13.9. The van der Waals surface area contributed by atoms with Crippen LogP contribution in [0.2, 0.25) is 0 Å². The second-order valence-corrected chi connectivity index (χ2v) is 6.12. The number of carbonyl (C=O) groups excluding carboxylic acids is 2.